The predicted molar refractivity (Wildman–Crippen MR) is 106 cm³/mol. The highest BCUT2D eigenvalue weighted by Gasteiger charge is 2.12. The normalized spacial score (nSPS) is 10.7. The van der Waals surface area contributed by atoms with E-state index in [9.17, 15) is 0 Å². The number of para-hydroxylation sites is 1. The van der Waals surface area contributed by atoms with Gasteiger partial charge in [-0.05, 0) is 44.9 Å². The van der Waals surface area contributed by atoms with Crippen LogP contribution in [0.3, 0.4) is 0 Å². The fourth-order valence-electron chi connectivity index (χ4n) is 2.66. The highest BCUT2D eigenvalue weighted by atomic mass is 35.5. The fraction of sp³-hybridized carbons (Fsp3) is 0.429. The lowest BCUT2D eigenvalue weighted by molar-refractivity contribution is 0.266. The van der Waals surface area contributed by atoms with Crippen LogP contribution in [0, 0.1) is 0 Å². The molecule has 0 amide bonds. The van der Waals surface area contributed by atoms with Crippen molar-refractivity contribution in [1.29, 1.82) is 0 Å². The molecule has 0 radical (unpaired) electrons. The summed E-state index contributed by atoms with van der Waals surface area (Å²) in [7, 11) is 0. The van der Waals surface area contributed by atoms with Crippen LogP contribution in [0.1, 0.15) is 37.3 Å². The number of hydrogen-bond donors (Lipinski definition) is 2. The Balaban J connectivity index is 2.02. The third-order valence-corrected chi connectivity index (χ3v) is 4.39. The highest BCUT2D eigenvalue weighted by Crippen LogP contribution is 2.32. The van der Waals surface area contributed by atoms with Crippen LogP contribution < -0.4 is 14.8 Å². The van der Waals surface area contributed by atoms with Gasteiger partial charge < -0.3 is 19.9 Å². The topological polar surface area (TPSA) is 50.7 Å². The quantitative estimate of drug-likeness (QED) is 0.532. The van der Waals surface area contributed by atoms with Crippen LogP contribution in [0.25, 0.3) is 0 Å². The smallest absolute Gasteiger partial charge is 0.166 e. The van der Waals surface area contributed by atoms with E-state index in [0.29, 0.717) is 24.8 Å². The summed E-state index contributed by atoms with van der Waals surface area (Å²) >= 11 is 6.23. The maximum atomic E-state index is 8.83. The minimum atomic E-state index is 0.260. The van der Waals surface area contributed by atoms with Gasteiger partial charge in [-0.3, -0.25) is 0 Å². The molecule has 142 valence electrons. The van der Waals surface area contributed by atoms with E-state index in [1.54, 1.807) is 0 Å². The minimum Gasteiger partial charge on any atom is -0.490 e. The zero-order valence-corrected chi connectivity index (χ0v) is 16.1. The Morgan fingerprint density at radius 1 is 0.962 bits per heavy atom. The van der Waals surface area contributed by atoms with E-state index >= 15 is 0 Å². The van der Waals surface area contributed by atoms with Gasteiger partial charge in [0, 0.05) is 29.3 Å². The predicted octanol–water partition coefficient (Wildman–Crippen LogP) is 4.57. The van der Waals surface area contributed by atoms with E-state index < -0.39 is 0 Å². The maximum Gasteiger partial charge on any atom is 0.166 e. The average molecular weight is 378 g/mol. The molecule has 0 aliphatic carbocycles. The first-order chi connectivity index (χ1) is 12.8. The third kappa shape index (κ3) is 6.52. The third-order valence-electron chi connectivity index (χ3n) is 4.02. The Morgan fingerprint density at radius 2 is 1.77 bits per heavy atom. The van der Waals surface area contributed by atoms with Crippen LogP contribution in [0.15, 0.2) is 42.5 Å². The maximum absolute atomic E-state index is 8.83. The summed E-state index contributed by atoms with van der Waals surface area (Å²) in [4.78, 5) is 0. The molecule has 26 heavy (non-hydrogen) atoms. The first-order valence-corrected chi connectivity index (χ1v) is 9.56. The lowest BCUT2D eigenvalue weighted by Gasteiger charge is -2.17. The van der Waals surface area contributed by atoms with Crippen molar-refractivity contribution < 1.29 is 14.6 Å². The number of unbranched alkanes of at least 4 members (excludes halogenated alkanes) is 2. The van der Waals surface area contributed by atoms with Crippen molar-refractivity contribution in [2.75, 3.05) is 19.8 Å². The molecule has 5 heteroatoms. The van der Waals surface area contributed by atoms with Gasteiger partial charge in [-0.1, -0.05) is 41.9 Å². The van der Waals surface area contributed by atoms with Gasteiger partial charge in [0.25, 0.3) is 0 Å². The number of aliphatic hydroxyl groups excluding tert-OH is 1. The summed E-state index contributed by atoms with van der Waals surface area (Å²) in [5.41, 5.74) is 2.01. The lowest BCUT2D eigenvalue weighted by atomic mass is 10.1. The van der Waals surface area contributed by atoms with Gasteiger partial charge in [0.15, 0.2) is 11.5 Å². The van der Waals surface area contributed by atoms with Gasteiger partial charge in [0.1, 0.15) is 6.61 Å². The fourth-order valence-corrected chi connectivity index (χ4v) is 2.85. The summed E-state index contributed by atoms with van der Waals surface area (Å²) < 4.78 is 11.8. The second-order valence-corrected chi connectivity index (χ2v) is 6.43. The Kier molecular flexibility index (Phi) is 9.32. The lowest BCUT2D eigenvalue weighted by Crippen LogP contribution is -2.16. The van der Waals surface area contributed by atoms with Crippen LogP contribution in [0.2, 0.25) is 5.02 Å². The summed E-state index contributed by atoms with van der Waals surface area (Å²) in [6, 6.07) is 13.6. The Morgan fingerprint density at radius 3 is 2.54 bits per heavy atom. The van der Waals surface area contributed by atoms with Crippen LogP contribution >= 0.6 is 11.6 Å². The highest BCUT2D eigenvalue weighted by molar-refractivity contribution is 6.31. The monoisotopic (exact) mass is 377 g/mol. The molecule has 0 spiro atoms. The number of halogens is 1. The molecule has 2 aromatic rings. The Hall–Kier alpha value is -1.75. The van der Waals surface area contributed by atoms with Gasteiger partial charge >= 0.3 is 0 Å². The molecule has 4 nitrogen and oxygen atoms in total. The van der Waals surface area contributed by atoms with E-state index in [4.69, 9.17) is 26.2 Å². The van der Waals surface area contributed by atoms with Crippen LogP contribution in [0.4, 0.5) is 0 Å². The van der Waals surface area contributed by atoms with E-state index in [-0.39, 0.29) is 6.61 Å². The molecule has 0 aliphatic heterocycles. The largest absolute Gasteiger partial charge is 0.490 e. The van der Waals surface area contributed by atoms with Crippen LogP contribution in [-0.4, -0.2) is 24.9 Å². The molecular weight excluding hydrogens is 350 g/mol. The molecule has 2 rings (SSSR count). The van der Waals surface area contributed by atoms with E-state index in [0.717, 1.165) is 48.4 Å². The molecule has 0 atom stereocenters. The number of benzene rings is 2. The Bertz CT molecular complexity index is 663. The number of ether oxygens (including phenoxy) is 2. The number of rotatable bonds is 12. The first kappa shape index (κ1) is 20.6. The van der Waals surface area contributed by atoms with Crippen molar-refractivity contribution in [3.05, 3.63) is 58.6 Å². The zero-order chi connectivity index (χ0) is 18.6. The van der Waals surface area contributed by atoms with E-state index in [1.807, 2.05) is 49.4 Å². The van der Waals surface area contributed by atoms with Crippen molar-refractivity contribution in [2.24, 2.45) is 0 Å². The molecule has 0 aromatic heterocycles. The number of hydrogen-bond acceptors (Lipinski definition) is 4. The molecule has 2 N–H and O–H groups in total. The summed E-state index contributed by atoms with van der Waals surface area (Å²) in [6.07, 6.45) is 2.92. The molecule has 0 heterocycles. The molecule has 0 aliphatic rings. The SMILES string of the molecule is CCOc1cccc(CNCCCCCO)c1OCc1ccccc1Cl. The van der Waals surface area contributed by atoms with Crippen molar-refractivity contribution in [1.82, 2.24) is 5.32 Å². The standard InChI is InChI=1S/C21H28ClNO3/c1-2-25-20-12-8-10-17(15-23-13-6-3-7-14-24)21(20)26-16-18-9-4-5-11-19(18)22/h4-5,8-12,23-24H,2-3,6-7,13-16H2,1H3. The number of nitrogens with one attached hydrogen (secondary N) is 1. The minimum absolute atomic E-state index is 0.260. The van der Waals surface area contributed by atoms with Gasteiger partial charge in [-0.15, -0.1) is 0 Å². The van der Waals surface area contributed by atoms with Gasteiger partial charge in [-0.2, -0.15) is 0 Å². The van der Waals surface area contributed by atoms with E-state index in [1.165, 1.54) is 0 Å². The van der Waals surface area contributed by atoms with Crippen LogP contribution in [0.5, 0.6) is 11.5 Å². The summed E-state index contributed by atoms with van der Waals surface area (Å²) in [5, 5.41) is 13.0. The second-order valence-electron chi connectivity index (χ2n) is 6.02. The van der Waals surface area contributed by atoms with Gasteiger partial charge in [0.05, 0.1) is 6.61 Å². The molecule has 0 bridgehead atoms. The van der Waals surface area contributed by atoms with Gasteiger partial charge in [-0.25, -0.2) is 0 Å². The van der Waals surface area contributed by atoms with Gasteiger partial charge in [0.2, 0.25) is 0 Å². The molecule has 0 fully saturated rings. The average Bonchev–Trinajstić information content (AvgIpc) is 2.65. The molecule has 2 aromatic carbocycles. The van der Waals surface area contributed by atoms with Crippen molar-refractivity contribution in [3.63, 3.8) is 0 Å². The molecule has 0 unspecified atom stereocenters. The summed E-state index contributed by atoms with van der Waals surface area (Å²) in [6.45, 7) is 4.81. The molecule has 0 saturated heterocycles. The van der Waals surface area contributed by atoms with Crippen molar-refractivity contribution >= 4 is 11.6 Å². The van der Waals surface area contributed by atoms with Crippen molar-refractivity contribution in [3.8, 4) is 11.5 Å². The molecule has 0 saturated carbocycles. The second kappa shape index (κ2) is 11.8. The Labute approximate surface area is 161 Å². The molecular formula is C21H28ClNO3. The van der Waals surface area contributed by atoms with Crippen LogP contribution in [-0.2, 0) is 13.2 Å². The summed E-state index contributed by atoms with van der Waals surface area (Å²) in [5.74, 6) is 1.51. The van der Waals surface area contributed by atoms with E-state index in [2.05, 4.69) is 5.32 Å². The zero-order valence-electron chi connectivity index (χ0n) is 15.3. The first-order valence-electron chi connectivity index (χ1n) is 9.18. The number of aliphatic hydroxyl groups is 1. The van der Waals surface area contributed by atoms with Crippen molar-refractivity contribution in [2.45, 2.75) is 39.3 Å².